The molecule has 4 rings (SSSR count). The molecular weight excluding hydrogens is 372 g/mol. The highest BCUT2D eigenvalue weighted by Crippen LogP contribution is 2.14. The molecular formula is C20H20N6O3. The second-order valence-corrected chi connectivity index (χ2v) is 6.76. The second-order valence-electron chi connectivity index (χ2n) is 6.76. The van der Waals surface area contributed by atoms with Gasteiger partial charge < -0.3 is 10.6 Å². The van der Waals surface area contributed by atoms with Crippen LogP contribution in [0.4, 0.5) is 4.79 Å². The van der Waals surface area contributed by atoms with Gasteiger partial charge in [0.05, 0.1) is 13.0 Å². The van der Waals surface area contributed by atoms with Gasteiger partial charge in [-0.3, -0.25) is 18.9 Å². The predicted octanol–water partition coefficient (Wildman–Crippen LogP) is 0.899. The highest BCUT2D eigenvalue weighted by molar-refractivity contribution is 6.05. The molecule has 0 aliphatic carbocycles. The van der Waals surface area contributed by atoms with Crippen molar-refractivity contribution in [2.75, 3.05) is 6.54 Å². The Bertz CT molecular complexity index is 1050. The molecule has 9 heteroatoms. The third-order valence-electron chi connectivity index (χ3n) is 4.74. The minimum absolute atomic E-state index is 0.101. The minimum atomic E-state index is -0.847. The Morgan fingerprint density at radius 2 is 1.86 bits per heavy atom. The molecule has 0 unspecified atom stereocenters. The molecule has 1 atom stereocenters. The van der Waals surface area contributed by atoms with Gasteiger partial charge in [0.25, 0.3) is 5.91 Å². The van der Waals surface area contributed by atoms with E-state index in [2.05, 4.69) is 20.8 Å². The molecule has 2 N–H and O–H groups in total. The SMILES string of the molecule is O=C(C[C@@H]1NC(=O)N(Cc2ccccc2)C1=O)NCCc1nnc2ccccn12. The number of imide groups is 1. The van der Waals surface area contributed by atoms with E-state index in [0.29, 0.717) is 13.0 Å². The summed E-state index contributed by atoms with van der Waals surface area (Å²) in [5.41, 5.74) is 1.59. The summed E-state index contributed by atoms with van der Waals surface area (Å²) in [6.45, 7) is 0.542. The van der Waals surface area contributed by atoms with Gasteiger partial charge in [-0.2, -0.15) is 0 Å². The summed E-state index contributed by atoms with van der Waals surface area (Å²) in [4.78, 5) is 38.0. The van der Waals surface area contributed by atoms with Crippen LogP contribution < -0.4 is 10.6 Å². The standard InChI is InChI=1S/C20H20N6O3/c27-18(21-10-9-17-24-23-16-8-4-5-11-25(16)17)12-15-19(28)26(20(29)22-15)13-14-6-2-1-3-7-14/h1-8,11,15H,9-10,12-13H2,(H,21,27)(H,22,29)/t15-/m0/s1. The molecule has 3 heterocycles. The molecule has 3 aromatic rings. The molecule has 4 amide bonds. The van der Waals surface area contributed by atoms with Crippen LogP contribution in [-0.2, 0) is 22.6 Å². The van der Waals surface area contributed by atoms with Crippen molar-refractivity contribution in [3.05, 3.63) is 66.1 Å². The second kappa shape index (κ2) is 8.09. The first kappa shape index (κ1) is 18.6. The zero-order valence-corrected chi connectivity index (χ0v) is 15.6. The Kier molecular flexibility index (Phi) is 5.19. The summed E-state index contributed by atoms with van der Waals surface area (Å²) in [6.07, 6.45) is 2.26. The van der Waals surface area contributed by atoms with E-state index >= 15 is 0 Å². The Morgan fingerprint density at radius 3 is 2.69 bits per heavy atom. The third-order valence-corrected chi connectivity index (χ3v) is 4.74. The molecule has 1 aliphatic heterocycles. The van der Waals surface area contributed by atoms with Gasteiger partial charge >= 0.3 is 6.03 Å². The van der Waals surface area contributed by atoms with Crippen LogP contribution in [0.3, 0.4) is 0 Å². The van der Waals surface area contributed by atoms with Crippen LogP contribution in [0.2, 0.25) is 0 Å². The number of amides is 4. The summed E-state index contributed by atoms with van der Waals surface area (Å²) in [6, 6.07) is 13.5. The van der Waals surface area contributed by atoms with Crippen molar-refractivity contribution in [2.45, 2.75) is 25.4 Å². The first-order valence-corrected chi connectivity index (χ1v) is 9.33. The highest BCUT2D eigenvalue weighted by Gasteiger charge is 2.38. The lowest BCUT2D eigenvalue weighted by Gasteiger charge is -2.13. The molecule has 0 radical (unpaired) electrons. The van der Waals surface area contributed by atoms with Gasteiger partial charge in [-0.1, -0.05) is 36.4 Å². The number of hydrogen-bond donors (Lipinski definition) is 2. The number of carbonyl (C=O) groups excluding carboxylic acids is 3. The lowest BCUT2D eigenvalue weighted by atomic mass is 10.1. The average Bonchev–Trinajstić information content (AvgIpc) is 3.25. The smallest absolute Gasteiger partial charge is 0.325 e. The fourth-order valence-electron chi connectivity index (χ4n) is 3.26. The van der Waals surface area contributed by atoms with Gasteiger partial charge in [0, 0.05) is 19.2 Å². The molecule has 0 bridgehead atoms. The molecule has 2 aromatic heterocycles. The van der Waals surface area contributed by atoms with E-state index in [1.807, 2.05) is 59.1 Å². The Balaban J connectivity index is 1.28. The van der Waals surface area contributed by atoms with Crippen molar-refractivity contribution in [3.63, 3.8) is 0 Å². The fraction of sp³-hybridized carbons (Fsp3) is 0.250. The maximum absolute atomic E-state index is 12.5. The number of carbonyl (C=O) groups is 3. The fourth-order valence-corrected chi connectivity index (χ4v) is 3.26. The number of rotatable bonds is 7. The summed E-state index contributed by atoms with van der Waals surface area (Å²) in [5, 5.41) is 13.5. The Hall–Kier alpha value is -3.75. The van der Waals surface area contributed by atoms with Gasteiger partial charge in [-0.15, -0.1) is 10.2 Å². The molecule has 1 aliphatic rings. The molecule has 0 saturated carbocycles. The number of nitrogens with one attached hydrogen (secondary N) is 2. The molecule has 1 aromatic carbocycles. The first-order valence-electron chi connectivity index (χ1n) is 9.33. The molecule has 29 heavy (non-hydrogen) atoms. The van der Waals surface area contributed by atoms with Crippen LogP contribution in [0.5, 0.6) is 0 Å². The molecule has 1 fully saturated rings. The molecule has 148 valence electrons. The molecule has 1 saturated heterocycles. The van der Waals surface area contributed by atoms with E-state index in [1.54, 1.807) is 0 Å². The van der Waals surface area contributed by atoms with Gasteiger partial charge in [0.1, 0.15) is 11.9 Å². The van der Waals surface area contributed by atoms with Crippen molar-refractivity contribution in [1.82, 2.24) is 30.1 Å². The van der Waals surface area contributed by atoms with Crippen LogP contribution in [0.15, 0.2) is 54.7 Å². The maximum atomic E-state index is 12.5. The van der Waals surface area contributed by atoms with Crippen LogP contribution in [0, 0.1) is 0 Å². The zero-order chi connectivity index (χ0) is 20.2. The summed E-state index contributed by atoms with van der Waals surface area (Å²) >= 11 is 0. The van der Waals surface area contributed by atoms with Crippen molar-refractivity contribution >= 4 is 23.5 Å². The van der Waals surface area contributed by atoms with Crippen molar-refractivity contribution < 1.29 is 14.4 Å². The van der Waals surface area contributed by atoms with E-state index in [-0.39, 0.29) is 18.9 Å². The van der Waals surface area contributed by atoms with E-state index in [4.69, 9.17) is 0 Å². The summed E-state index contributed by atoms with van der Waals surface area (Å²) in [7, 11) is 0. The van der Waals surface area contributed by atoms with Crippen LogP contribution in [0.1, 0.15) is 17.8 Å². The topological polar surface area (TPSA) is 109 Å². The number of hydrogen-bond acceptors (Lipinski definition) is 5. The summed E-state index contributed by atoms with van der Waals surface area (Å²) in [5.74, 6) is 0.0386. The van der Waals surface area contributed by atoms with E-state index in [9.17, 15) is 14.4 Å². The van der Waals surface area contributed by atoms with Crippen molar-refractivity contribution in [2.24, 2.45) is 0 Å². The zero-order valence-electron chi connectivity index (χ0n) is 15.6. The third kappa shape index (κ3) is 4.08. The van der Waals surface area contributed by atoms with Crippen LogP contribution >= 0.6 is 0 Å². The number of fused-ring (bicyclic) bond motifs is 1. The molecule has 9 nitrogen and oxygen atoms in total. The van der Waals surface area contributed by atoms with E-state index in [1.165, 1.54) is 0 Å². The Labute approximate surface area is 166 Å². The largest absolute Gasteiger partial charge is 0.356 e. The number of urea groups is 1. The van der Waals surface area contributed by atoms with Gasteiger partial charge in [-0.25, -0.2) is 4.79 Å². The van der Waals surface area contributed by atoms with Gasteiger partial charge in [-0.05, 0) is 17.7 Å². The van der Waals surface area contributed by atoms with Crippen molar-refractivity contribution in [1.29, 1.82) is 0 Å². The van der Waals surface area contributed by atoms with Crippen molar-refractivity contribution in [3.8, 4) is 0 Å². The first-order chi connectivity index (χ1) is 14.1. The minimum Gasteiger partial charge on any atom is -0.356 e. The number of aromatic nitrogens is 3. The normalized spacial score (nSPS) is 16.3. The van der Waals surface area contributed by atoms with E-state index < -0.39 is 18.0 Å². The van der Waals surface area contributed by atoms with Crippen LogP contribution in [0.25, 0.3) is 5.65 Å². The predicted molar refractivity (Wildman–Crippen MR) is 104 cm³/mol. The van der Waals surface area contributed by atoms with Crippen LogP contribution in [-0.4, -0.2) is 49.9 Å². The number of pyridine rings is 1. The maximum Gasteiger partial charge on any atom is 0.325 e. The number of benzene rings is 1. The van der Waals surface area contributed by atoms with Gasteiger partial charge in [0.2, 0.25) is 5.91 Å². The average molecular weight is 392 g/mol. The van der Waals surface area contributed by atoms with E-state index in [0.717, 1.165) is 21.9 Å². The number of nitrogens with zero attached hydrogens (tertiary/aromatic N) is 4. The quantitative estimate of drug-likeness (QED) is 0.581. The lowest BCUT2D eigenvalue weighted by Crippen LogP contribution is -2.37. The monoisotopic (exact) mass is 392 g/mol. The molecule has 0 spiro atoms. The lowest BCUT2D eigenvalue weighted by molar-refractivity contribution is -0.131. The highest BCUT2D eigenvalue weighted by atomic mass is 16.2. The summed E-state index contributed by atoms with van der Waals surface area (Å²) < 4.78 is 1.86. The Morgan fingerprint density at radius 1 is 1.07 bits per heavy atom. The van der Waals surface area contributed by atoms with Gasteiger partial charge in [0.15, 0.2) is 5.65 Å².